The fourth-order valence-corrected chi connectivity index (χ4v) is 3.50. The number of hydrogen-bond acceptors (Lipinski definition) is 1. The monoisotopic (exact) mass is 352 g/mol. The summed E-state index contributed by atoms with van der Waals surface area (Å²) in [6.45, 7) is 11.7. The molecule has 3 heteroatoms. The number of methoxy groups -OCH3 is 1. The van der Waals surface area contributed by atoms with Gasteiger partial charge >= 0.3 is 0 Å². The zero-order valence-corrected chi connectivity index (χ0v) is 15.7. The summed E-state index contributed by atoms with van der Waals surface area (Å²) in [5, 5.41) is 1.09. The van der Waals surface area contributed by atoms with Crippen LogP contribution in [-0.4, -0.2) is 11.7 Å². The number of ether oxygens (including phenoxy) is 1. The third-order valence-corrected chi connectivity index (χ3v) is 5.16. The molecule has 0 saturated carbocycles. The Hall–Kier alpha value is -3.51. The maximum Gasteiger partial charge on any atom is 0.188 e. The van der Waals surface area contributed by atoms with Crippen molar-refractivity contribution >= 4 is 16.6 Å². The largest absolute Gasteiger partial charge is 0.497 e. The van der Waals surface area contributed by atoms with Crippen LogP contribution in [0.3, 0.4) is 0 Å². The standard InChI is InChI=1S/C24H20N2O/c1-16-6-5-7-21(17(16)2)23-15-26(19-9-11-20(27-4)12-10-19)24-13-8-18(25-3)14-22(23)24/h5-15H,1-2,4H3. The van der Waals surface area contributed by atoms with Gasteiger partial charge in [-0.15, -0.1) is 0 Å². The van der Waals surface area contributed by atoms with Crippen molar-refractivity contribution in [3.63, 3.8) is 0 Å². The topological polar surface area (TPSA) is 18.5 Å². The lowest BCUT2D eigenvalue weighted by atomic mass is 9.97. The number of aromatic nitrogens is 1. The Morgan fingerprint density at radius 2 is 1.70 bits per heavy atom. The molecule has 1 aromatic heterocycles. The number of hydrogen-bond donors (Lipinski definition) is 0. The molecule has 0 spiro atoms. The Kier molecular flexibility index (Phi) is 4.18. The predicted molar refractivity (Wildman–Crippen MR) is 111 cm³/mol. The van der Waals surface area contributed by atoms with Crippen molar-refractivity contribution in [2.45, 2.75) is 13.8 Å². The first-order chi connectivity index (χ1) is 13.1. The molecule has 0 radical (unpaired) electrons. The highest BCUT2D eigenvalue weighted by Gasteiger charge is 2.14. The summed E-state index contributed by atoms with van der Waals surface area (Å²) >= 11 is 0. The average molecular weight is 352 g/mol. The van der Waals surface area contributed by atoms with Crippen molar-refractivity contribution in [1.82, 2.24) is 4.57 Å². The van der Waals surface area contributed by atoms with Gasteiger partial charge in [0.25, 0.3) is 0 Å². The lowest BCUT2D eigenvalue weighted by Crippen LogP contribution is -1.92. The quantitative estimate of drug-likeness (QED) is 0.386. The van der Waals surface area contributed by atoms with E-state index in [4.69, 9.17) is 11.3 Å². The molecule has 3 aromatic carbocycles. The first-order valence-electron chi connectivity index (χ1n) is 8.86. The van der Waals surface area contributed by atoms with Gasteiger partial charge in [-0.1, -0.05) is 24.3 Å². The fraction of sp³-hybridized carbons (Fsp3) is 0.125. The van der Waals surface area contributed by atoms with E-state index >= 15 is 0 Å². The second-order valence-corrected chi connectivity index (χ2v) is 6.67. The molecule has 1 heterocycles. The van der Waals surface area contributed by atoms with E-state index in [0.717, 1.165) is 27.9 Å². The van der Waals surface area contributed by atoms with E-state index in [1.807, 2.05) is 42.5 Å². The summed E-state index contributed by atoms with van der Waals surface area (Å²) < 4.78 is 7.46. The Bertz CT molecular complexity index is 1180. The van der Waals surface area contributed by atoms with Gasteiger partial charge in [-0.2, -0.15) is 0 Å². The molecule has 3 nitrogen and oxygen atoms in total. The van der Waals surface area contributed by atoms with Crippen molar-refractivity contribution in [3.05, 3.63) is 89.4 Å². The molecule has 0 atom stereocenters. The lowest BCUT2D eigenvalue weighted by Gasteiger charge is -2.08. The summed E-state index contributed by atoms with van der Waals surface area (Å²) in [5.74, 6) is 0.834. The number of fused-ring (bicyclic) bond motifs is 1. The molecule has 0 aliphatic rings. The summed E-state index contributed by atoms with van der Waals surface area (Å²) in [7, 11) is 1.67. The number of rotatable bonds is 3. The molecule has 0 aliphatic heterocycles. The second kappa shape index (κ2) is 6.66. The van der Waals surface area contributed by atoms with E-state index < -0.39 is 0 Å². The number of benzene rings is 3. The van der Waals surface area contributed by atoms with Crippen molar-refractivity contribution in [2.24, 2.45) is 0 Å². The molecule has 0 saturated heterocycles. The molecule has 0 amide bonds. The molecule has 0 aliphatic carbocycles. The minimum absolute atomic E-state index is 0.654. The molecule has 0 bridgehead atoms. The number of aryl methyl sites for hydroxylation is 1. The lowest BCUT2D eigenvalue weighted by molar-refractivity contribution is 0.415. The van der Waals surface area contributed by atoms with E-state index in [1.165, 1.54) is 16.7 Å². The number of nitrogens with zero attached hydrogens (tertiary/aromatic N) is 2. The second-order valence-electron chi connectivity index (χ2n) is 6.67. The van der Waals surface area contributed by atoms with E-state index in [1.54, 1.807) is 7.11 Å². The molecule has 132 valence electrons. The fourth-order valence-electron chi connectivity index (χ4n) is 3.50. The van der Waals surface area contributed by atoms with Crippen LogP contribution in [0, 0.1) is 20.4 Å². The third kappa shape index (κ3) is 2.86. The van der Waals surface area contributed by atoms with Crippen LogP contribution in [0.5, 0.6) is 5.75 Å². The molecule has 0 unspecified atom stereocenters. The highest BCUT2D eigenvalue weighted by molar-refractivity contribution is 5.99. The van der Waals surface area contributed by atoms with E-state index in [2.05, 4.69) is 47.7 Å². The van der Waals surface area contributed by atoms with E-state index in [0.29, 0.717) is 5.69 Å². The van der Waals surface area contributed by atoms with Crippen molar-refractivity contribution in [1.29, 1.82) is 0 Å². The molecule has 27 heavy (non-hydrogen) atoms. The molecule has 4 aromatic rings. The van der Waals surface area contributed by atoms with Crippen LogP contribution in [-0.2, 0) is 0 Å². The molecular weight excluding hydrogens is 332 g/mol. The van der Waals surface area contributed by atoms with Crippen LogP contribution < -0.4 is 4.74 Å². The van der Waals surface area contributed by atoms with Crippen LogP contribution in [0.2, 0.25) is 0 Å². The van der Waals surface area contributed by atoms with Crippen molar-refractivity contribution < 1.29 is 4.74 Å². The van der Waals surface area contributed by atoms with Crippen LogP contribution in [0.4, 0.5) is 5.69 Å². The maximum absolute atomic E-state index is 7.39. The van der Waals surface area contributed by atoms with Crippen LogP contribution >= 0.6 is 0 Å². The summed E-state index contributed by atoms with van der Waals surface area (Å²) in [4.78, 5) is 3.62. The summed E-state index contributed by atoms with van der Waals surface area (Å²) in [5.41, 5.74) is 7.68. The Morgan fingerprint density at radius 3 is 2.41 bits per heavy atom. The molecule has 0 N–H and O–H groups in total. The highest BCUT2D eigenvalue weighted by Crippen LogP contribution is 2.37. The zero-order chi connectivity index (χ0) is 19.0. The van der Waals surface area contributed by atoms with Gasteiger partial charge < -0.3 is 9.30 Å². The summed E-state index contributed by atoms with van der Waals surface area (Å²) in [6, 6.07) is 20.3. The van der Waals surface area contributed by atoms with Crippen molar-refractivity contribution in [3.8, 4) is 22.6 Å². The van der Waals surface area contributed by atoms with E-state index in [-0.39, 0.29) is 0 Å². The van der Waals surface area contributed by atoms with Gasteiger partial charge in [-0.25, -0.2) is 4.85 Å². The van der Waals surface area contributed by atoms with Gasteiger partial charge in [-0.3, -0.25) is 0 Å². The van der Waals surface area contributed by atoms with Gasteiger partial charge in [0, 0.05) is 17.4 Å². The van der Waals surface area contributed by atoms with Gasteiger partial charge in [0.05, 0.1) is 19.2 Å². The first-order valence-corrected chi connectivity index (χ1v) is 8.86. The SMILES string of the molecule is [C-]#[N+]c1ccc2c(c1)c(-c1cccc(C)c1C)cn2-c1ccc(OC)cc1. The Morgan fingerprint density at radius 1 is 0.926 bits per heavy atom. The Labute approximate surface area is 159 Å². The highest BCUT2D eigenvalue weighted by atomic mass is 16.5. The molecule has 0 fully saturated rings. The minimum atomic E-state index is 0.654. The van der Waals surface area contributed by atoms with Gasteiger partial charge in [0.15, 0.2) is 5.69 Å². The van der Waals surface area contributed by atoms with Gasteiger partial charge in [0.2, 0.25) is 0 Å². The zero-order valence-electron chi connectivity index (χ0n) is 15.7. The van der Waals surface area contributed by atoms with Crippen molar-refractivity contribution in [2.75, 3.05) is 7.11 Å². The van der Waals surface area contributed by atoms with Crippen LogP contribution in [0.25, 0.3) is 32.6 Å². The van der Waals surface area contributed by atoms with E-state index in [9.17, 15) is 0 Å². The van der Waals surface area contributed by atoms with Crippen LogP contribution in [0.15, 0.2) is 66.9 Å². The van der Waals surface area contributed by atoms with Gasteiger partial charge in [0.1, 0.15) is 5.75 Å². The molecule has 4 rings (SSSR count). The third-order valence-electron chi connectivity index (χ3n) is 5.16. The van der Waals surface area contributed by atoms with Crippen LogP contribution in [0.1, 0.15) is 11.1 Å². The predicted octanol–water partition coefficient (Wildman–Crippen LogP) is 6.47. The first kappa shape index (κ1) is 16.9. The summed E-state index contributed by atoms with van der Waals surface area (Å²) in [6.07, 6.45) is 2.17. The molecular formula is C24H20N2O. The maximum atomic E-state index is 7.39. The Balaban J connectivity index is 2.01. The van der Waals surface area contributed by atoms with Gasteiger partial charge in [-0.05, 0) is 72.3 Å². The minimum Gasteiger partial charge on any atom is -0.497 e. The smallest absolute Gasteiger partial charge is 0.188 e. The normalized spacial score (nSPS) is 10.7. The average Bonchev–Trinajstić information content (AvgIpc) is 3.08.